The van der Waals surface area contributed by atoms with Crippen molar-refractivity contribution in [2.75, 3.05) is 45.9 Å². The summed E-state index contributed by atoms with van der Waals surface area (Å²) in [7, 11) is 0. The van der Waals surface area contributed by atoms with Crippen LogP contribution in [0.25, 0.3) is 6.08 Å². The summed E-state index contributed by atoms with van der Waals surface area (Å²) in [5, 5.41) is 0. The van der Waals surface area contributed by atoms with Crippen molar-refractivity contribution in [1.82, 2.24) is 9.80 Å². The van der Waals surface area contributed by atoms with Crippen LogP contribution in [0.1, 0.15) is 18.4 Å². The molecule has 1 amide bonds. The molecule has 24 heavy (non-hydrogen) atoms. The highest BCUT2D eigenvalue weighted by Gasteiger charge is 2.23. The number of likely N-dealkylation sites (tertiary alicyclic amines) is 1. The first-order valence-electron chi connectivity index (χ1n) is 8.72. The molecular formula is C19H25FN2O2. The van der Waals surface area contributed by atoms with Gasteiger partial charge in [-0.25, -0.2) is 4.39 Å². The maximum Gasteiger partial charge on any atom is 0.236 e. The van der Waals surface area contributed by atoms with E-state index < -0.39 is 0 Å². The second kappa shape index (κ2) is 8.40. The highest BCUT2D eigenvalue weighted by atomic mass is 19.1. The molecule has 0 unspecified atom stereocenters. The van der Waals surface area contributed by atoms with Crippen LogP contribution in [0.4, 0.5) is 4.39 Å². The number of morpholine rings is 1. The first-order chi connectivity index (χ1) is 11.7. The van der Waals surface area contributed by atoms with E-state index in [4.69, 9.17) is 4.74 Å². The highest BCUT2D eigenvalue weighted by Crippen LogP contribution is 2.20. The Balaban J connectivity index is 1.44. The molecule has 0 atom stereocenters. The Kier molecular flexibility index (Phi) is 5.99. The van der Waals surface area contributed by atoms with Gasteiger partial charge in [0, 0.05) is 26.2 Å². The summed E-state index contributed by atoms with van der Waals surface area (Å²) in [5.74, 6) is 0.478. The van der Waals surface area contributed by atoms with Crippen LogP contribution in [0.3, 0.4) is 0 Å². The molecule has 0 spiro atoms. The Morgan fingerprint density at radius 3 is 2.67 bits per heavy atom. The lowest BCUT2D eigenvalue weighted by Gasteiger charge is -2.33. The van der Waals surface area contributed by atoms with Crippen LogP contribution in [0.2, 0.25) is 0 Å². The number of carbonyl (C=O) groups is 1. The fourth-order valence-corrected chi connectivity index (χ4v) is 3.25. The van der Waals surface area contributed by atoms with Crippen molar-refractivity contribution in [3.05, 3.63) is 41.7 Å². The second-order valence-corrected chi connectivity index (χ2v) is 6.52. The quantitative estimate of drug-likeness (QED) is 0.849. The number of halogens is 1. The molecule has 0 radical (unpaired) electrons. The molecule has 2 fully saturated rings. The third-order valence-corrected chi connectivity index (χ3v) is 4.76. The number of rotatable bonds is 4. The third-order valence-electron chi connectivity index (χ3n) is 4.76. The molecule has 1 aromatic rings. The zero-order valence-electron chi connectivity index (χ0n) is 14.0. The summed E-state index contributed by atoms with van der Waals surface area (Å²) in [4.78, 5) is 16.5. The van der Waals surface area contributed by atoms with Gasteiger partial charge >= 0.3 is 0 Å². The minimum atomic E-state index is -0.208. The Morgan fingerprint density at radius 2 is 1.96 bits per heavy atom. The SMILES string of the molecule is O=C(CN1CCOCC1)N1CCC(C=Cc2cccc(F)c2)CC1. The summed E-state index contributed by atoms with van der Waals surface area (Å²) in [6.45, 7) is 5.26. The van der Waals surface area contributed by atoms with Gasteiger partial charge < -0.3 is 9.64 Å². The zero-order valence-corrected chi connectivity index (χ0v) is 14.0. The maximum atomic E-state index is 13.2. The van der Waals surface area contributed by atoms with Gasteiger partial charge in [0.2, 0.25) is 5.91 Å². The molecule has 1 aromatic carbocycles. The fourth-order valence-electron chi connectivity index (χ4n) is 3.25. The van der Waals surface area contributed by atoms with E-state index in [1.54, 1.807) is 6.07 Å². The predicted molar refractivity (Wildman–Crippen MR) is 92.0 cm³/mol. The molecule has 3 rings (SSSR count). The molecule has 0 N–H and O–H groups in total. The summed E-state index contributed by atoms with van der Waals surface area (Å²) in [6.07, 6.45) is 6.08. The molecule has 5 heteroatoms. The van der Waals surface area contributed by atoms with Crippen molar-refractivity contribution in [2.45, 2.75) is 12.8 Å². The molecule has 0 aromatic heterocycles. The number of amides is 1. The Bertz CT molecular complexity index is 576. The average molecular weight is 332 g/mol. The first kappa shape index (κ1) is 17.1. The minimum Gasteiger partial charge on any atom is -0.379 e. The van der Waals surface area contributed by atoms with Crippen LogP contribution < -0.4 is 0 Å². The second-order valence-electron chi connectivity index (χ2n) is 6.52. The topological polar surface area (TPSA) is 32.8 Å². The number of benzene rings is 1. The van der Waals surface area contributed by atoms with E-state index in [0.29, 0.717) is 12.5 Å². The predicted octanol–water partition coefficient (Wildman–Crippen LogP) is 2.41. The Labute approximate surface area is 142 Å². The molecule has 2 aliphatic rings. The van der Waals surface area contributed by atoms with E-state index in [1.165, 1.54) is 12.1 Å². The molecule has 2 aliphatic heterocycles. The third kappa shape index (κ3) is 4.89. The van der Waals surface area contributed by atoms with Gasteiger partial charge in [-0.2, -0.15) is 0 Å². The van der Waals surface area contributed by atoms with Gasteiger partial charge in [-0.3, -0.25) is 9.69 Å². The van der Waals surface area contributed by atoms with E-state index in [2.05, 4.69) is 11.0 Å². The molecule has 4 nitrogen and oxygen atoms in total. The molecule has 2 saturated heterocycles. The van der Waals surface area contributed by atoms with Crippen molar-refractivity contribution in [3.63, 3.8) is 0 Å². The van der Waals surface area contributed by atoms with Crippen LogP contribution in [0.5, 0.6) is 0 Å². The summed E-state index contributed by atoms with van der Waals surface area (Å²) < 4.78 is 18.5. The zero-order chi connectivity index (χ0) is 16.8. The molecule has 0 aliphatic carbocycles. The van der Waals surface area contributed by atoms with E-state index in [-0.39, 0.29) is 11.7 Å². The van der Waals surface area contributed by atoms with E-state index >= 15 is 0 Å². The van der Waals surface area contributed by atoms with Crippen molar-refractivity contribution >= 4 is 12.0 Å². The maximum absolute atomic E-state index is 13.2. The molecular weight excluding hydrogens is 307 g/mol. The van der Waals surface area contributed by atoms with Gasteiger partial charge in [-0.15, -0.1) is 0 Å². The lowest BCUT2D eigenvalue weighted by atomic mass is 9.95. The number of carbonyl (C=O) groups excluding carboxylic acids is 1. The van der Waals surface area contributed by atoms with Crippen LogP contribution in [-0.4, -0.2) is 61.6 Å². The smallest absolute Gasteiger partial charge is 0.236 e. The number of ether oxygens (including phenoxy) is 1. The van der Waals surface area contributed by atoms with Crippen molar-refractivity contribution in [3.8, 4) is 0 Å². The van der Waals surface area contributed by atoms with Crippen LogP contribution in [0.15, 0.2) is 30.3 Å². The van der Waals surface area contributed by atoms with E-state index in [0.717, 1.165) is 57.8 Å². The number of nitrogens with zero attached hydrogens (tertiary/aromatic N) is 2. The number of hydrogen-bond acceptors (Lipinski definition) is 3. The van der Waals surface area contributed by atoms with Crippen molar-refractivity contribution in [1.29, 1.82) is 0 Å². The Hall–Kier alpha value is -1.72. The summed E-state index contributed by atoms with van der Waals surface area (Å²) in [6, 6.07) is 6.62. The lowest BCUT2D eigenvalue weighted by Crippen LogP contribution is -2.46. The van der Waals surface area contributed by atoms with Gasteiger partial charge in [-0.05, 0) is 36.5 Å². The van der Waals surface area contributed by atoms with Crippen molar-refractivity contribution in [2.24, 2.45) is 5.92 Å². The minimum absolute atomic E-state index is 0.208. The number of allylic oxidation sites excluding steroid dienone is 1. The Morgan fingerprint density at radius 1 is 1.21 bits per heavy atom. The summed E-state index contributed by atoms with van der Waals surface area (Å²) in [5.41, 5.74) is 0.890. The average Bonchev–Trinajstić information content (AvgIpc) is 2.61. The van der Waals surface area contributed by atoms with Gasteiger partial charge in [0.25, 0.3) is 0 Å². The monoisotopic (exact) mass is 332 g/mol. The van der Waals surface area contributed by atoms with Crippen molar-refractivity contribution < 1.29 is 13.9 Å². The van der Waals surface area contributed by atoms with Gasteiger partial charge in [-0.1, -0.05) is 24.3 Å². The number of hydrogen-bond donors (Lipinski definition) is 0. The van der Waals surface area contributed by atoms with Crippen LogP contribution >= 0.6 is 0 Å². The van der Waals surface area contributed by atoms with Gasteiger partial charge in [0.15, 0.2) is 0 Å². The van der Waals surface area contributed by atoms with Gasteiger partial charge in [0.1, 0.15) is 5.82 Å². The van der Waals surface area contributed by atoms with Gasteiger partial charge in [0.05, 0.1) is 19.8 Å². The molecule has 130 valence electrons. The molecule has 0 saturated carbocycles. The first-order valence-corrected chi connectivity index (χ1v) is 8.72. The molecule has 2 heterocycles. The standard InChI is InChI=1S/C19H25FN2O2/c20-18-3-1-2-17(14-18)5-4-16-6-8-22(9-7-16)19(23)15-21-10-12-24-13-11-21/h1-5,14,16H,6-13,15H2. The lowest BCUT2D eigenvalue weighted by molar-refractivity contribution is -0.134. The fraction of sp³-hybridized carbons (Fsp3) is 0.526. The van der Waals surface area contributed by atoms with Crippen LogP contribution in [-0.2, 0) is 9.53 Å². The largest absolute Gasteiger partial charge is 0.379 e. The summed E-state index contributed by atoms with van der Waals surface area (Å²) >= 11 is 0. The van der Waals surface area contributed by atoms with E-state index in [9.17, 15) is 9.18 Å². The van der Waals surface area contributed by atoms with E-state index in [1.807, 2.05) is 17.0 Å². The highest BCUT2D eigenvalue weighted by molar-refractivity contribution is 5.78. The number of piperidine rings is 1. The normalized spacial score (nSPS) is 20.6. The molecule has 0 bridgehead atoms. The van der Waals surface area contributed by atoms with Crippen LogP contribution in [0, 0.1) is 11.7 Å².